The van der Waals surface area contributed by atoms with E-state index >= 15 is 0 Å². The maximum atomic E-state index is 12.5. The molecule has 6 nitrogen and oxygen atoms in total. The van der Waals surface area contributed by atoms with E-state index in [1.165, 1.54) is 11.8 Å². The molecule has 4 rings (SSSR count). The molecule has 0 atom stereocenters. The fraction of sp³-hybridized carbons (Fsp3) is 0.273. The molecule has 2 heterocycles. The molecule has 0 spiro atoms. The van der Waals surface area contributed by atoms with Crippen LogP contribution < -0.4 is 15.0 Å². The molecule has 30 heavy (non-hydrogen) atoms. The Kier molecular flexibility index (Phi) is 6.32. The van der Waals surface area contributed by atoms with Crippen LogP contribution in [-0.4, -0.2) is 44.5 Å². The topological polar surface area (TPSA) is 63.2 Å². The van der Waals surface area contributed by atoms with Gasteiger partial charge in [0.05, 0.1) is 30.9 Å². The van der Waals surface area contributed by atoms with Crippen molar-refractivity contribution in [3.05, 3.63) is 57.5 Å². The number of hydrogen-bond acceptors (Lipinski definition) is 6. The van der Waals surface area contributed by atoms with Gasteiger partial charge in [-0.15, -0.1) is 0 Å². The minimum Gasteiger partial charge on any atom is -0.496 e. The van der Waals surface area contributed by atoms with E-state index in [-0.39, 0.29) is 5.91 Å². The summed E-state index contributed by atoms with van der Waals surface area (Å²) in [6.07, 6.45) is 1.83. The lowest BCUT2D eigenvalue weighted by Gasteiger charge is -2.29. The van der Waals surface area contributed by atoms with Crippen LogP contribution in [0.2, 0.25) is 5.02 Å². The first kappa shape index (κ1) is 20.8. The number of thioether (sulfide) groups is 1. The van der Waals surface area contributed by atoms with Crippen molar-refractivity contribution >= 4 is 51.9 Å². The first-order chi connectivity index (χ1) is 14.5. The molecule has 0 aromatic heterocycles. The Morgan fingerprint density at radius 3 is 2.83 bits per heavy atom. The van der Waals surface area contributed by atoms with E-state index in [2.05, 4.69) is 15.2 Å². The number of ether oxygens (including phenoxy) is 2. The predicted molar refractivity (Wildman–Crippen MR) is 123 cm³/mol. The van der Waals surface area contributed by atoms with Crippen molar-refractivity contribution in [2.24, 2.45) is 4.99 Å². The van der Waals surface area contributed by atoms with Gasteiger partial charge >= 0.3 is 0 Å². The van der Waals surface area contributed by atoms with Crippen LogP contribution in [0.25, 0.3) is 6.08 Å². The first-order valence-corrected chi connectivity index (χ1v) is 10.8. The smallest absolute Gasteiger partial charge is 0.264 e. The maximum absolute atomic E-state index is 12.5. The zero-order valence-corrected chi connectivity index (χ0v) is 18.3. The zero-order chi connectivity index (χ0) is 21.1. The van der Waals surface area contributed by atoms with Crippen LogP contribution in [0, 0.1) is 6.92 Å². The third-order valence-electron chi connectivity index (χ3n) is 4.99. The fourth-order valence-corrected chi connectivity index (χ4v) is 4.28. The van der Waals surface area contributed by atoms with Gasteiger partial charge in [-0.3, -0.25) is 4.79 Å². The lowest BCUT2D eigenvalue weighted by Crippen LogP contribution is -2.36. The number of anilines is 1. The second-order valence-electron chi connectivity index (χ2n) is 6.89. The van der Waals surface area contributed by atoms with Crippen LogP contribution in [-0.2, 0) is 9.53 Å². The number of carbonyl (C=O) groups excluding carboxylic acids is 1. The Balaban J connectivity index is 1.57. The molecule has 0 saturated carbocycles. The minimum absolute atomic E-state index is 0.183. The van der Waals surface area contributed by atoms with Gasteiger partial charge in [0.15, 0.2) is 5.17 Å². The van der Waals surface area contributed by atoms with Crippen LogP contribution in [0.4, 0.5) is 11.4 Å². The average molecular weight is 444 g/mol. The van der Waals surface area contributed by atoms with E-state index in [9.17, 15) is 4.79 Å². The number of carbonyl (C=O) groups is 1. The Morgan fingerprint density at radius 1 is 1.27 bits per heavy atom. The fourth-order valence-electron chi connectivity index (χ4n) is 3.29. The van der Waals surface area contributed by atoms with Crippen molar-refractivity contribution in [1.82, 2.24) is 5.32 Å². The van der Waals surface area contributed by atoms with Gasteiger partial charge in [0.25, 0.3) is 5.91 Å². The Bertz CT molecular complexity index is 1030. The highest BCUT2D eigenvalue weighted by atomic mass is 35.5. The standard InChI is InChI=1S/C22H22ClN3O3S/c1-14-17(23)4-3-5-18(14)24-22-25-21(27)20(30-22)12-15-6-7-16(13-19(15)28-2)26-8-10-29-11-9-26/h3-7,12-13H,8-11H2,1-2H3,(H,24,25,27)/b20-12-. The molecule has 156 valence electrons. The summed E-state index contributed by atoms with van der Waals surface area (Å²) in [5.41, 5.74) is 3.53. The van der Waals surface area contributed by atoms with Gasteiger partial charge in [-0.2, -0.15) is 0 Å². The van der Waals surface area contributed by atoms with E-state index in [0.717, 1.165) is 54.6 Å². The predicted octanol–water partition coefficient (Wildman–Crippen LogP) is 4.39. The summed E-state index contributed by atoms with van der Waals surface area (Å²) in [7, 11) is 1.64. The SMILES string of the molecule is COc1cc(N2CCOCC2)ccc1/C=C1\SC(=Nc2cccc(Cl)c2C)NC1=O. The number of morpholine rings is 1. The molecular formula is C22H22ClN3O3S. The molecular weight excluding hydrogens is 422 g/mol. The molecule has 0 bridgehead atoms. The largest absolute Gasteiger partial charge is 0.496 e. The Hall–Kier alpha value is -2.48. The van der Waals surface area contributed by atoms with Crippen molar-refractivity contribution in [3.63, 3.8) is 0 Å². The molecule has 2 fully saturated rings. The van der Waals surface area contributed by atoms with Crippen LogP contribution >= 0.6 is 23.4 Å². The van der Waals surface area contributed by atoms with Gasteiger partial charge in [0.2, 0.25) is 0 Å². The van der Waals surface area contributed by atoms with E-state index in [1.807, 2.05) is 49.4 Å². The maximum Gasteiger partial charge on any atom is 0.264 e. The summed E-state index contributed by atoms with van der Waals surface area (Å²) in [4.78, 5) is 19.8. The summed E-state index contributed by atoms with van der Waals surface area (Å²) in [6, 6.07) is 11.5. The molecule has 2 aliphatic rings. The molecule has 2 saturated heterocycles. The highest BCUT2D eigenvalue weighted by Crippen LogP contribution is 2.34. The minimum atomic E-state index is -0.183. The van der Waals surface area contributed by atoms with Gasteiger partial charge in [-0.05, 0) is 54.6 Å². The van der Waals surface area contributed by atoms with Gasteiger partial charge in [0.1, 0.15) is 5.75 Å². The molecule has 2 aliphatic heterocycles. The second-order valence-corrected chi connectivity index (χ2v) is 8.33. The Morgan fingerprint density at radius 2 is 2.07 bits per heavy atom. The van der Waals surface area contributed by atoms with Gasteiger partial charge in [-0.25, -0.2) is 4.99 Å². The van der Waals surface area contributed by atoms with Gasteiger partial charge in [0, 0.05) is 35.4 Å². The van der Waals surface area contributed by atoms with Crippen molar-refractivity contribution in [1.29, 1.82) is 0 Å². The molecule has 1 N–H and O–H groups in total. The van der Waals surface area contributed by atoms with Crippen molar-refractivity contribution in [3.8, 4) is 5.75 Å². The van der Waals surface area contributed by atoms with E-state index in [0.29, 0.717) is 15.1 Å². The second kappa shape index (κ2) is 9.12. The van der Waals surface area contributed by atoms with Crippen LogP contribution in [0.1, 0.15) is 11.1 Å². The molecule has 1 amide bonds. The van der Waals surface area contributed by atoms with E-state index in [4.69, 9.17) is 21.1 Å². The average Bonchev–Trinajstić information content (AvgIpc) is 3.11. The summed E-state index contributed by atoms with van der Waals surface area (Å²) in [6.45, 7) is 5.05. The van der Waals surface area contributed by atoms with E-state index in [1.54, 1.807) is 7.11 Å². The molecule has 8 heteroatoms. The number of nitrogens with one attached hydrogen (secondary N) is 1. The van der Waals surface area contributed by atoms with Crippen LogP contribution in [0.5, 0.6) is 5.75 Å². The number of amides is 1. The zero-order valence-electron chi connectivity index (χ0n) is 16.8. The third-order valence-corrected chi connectivity index (χ3v) is 6.31. The summed E-state index contributed by atoms with van der Waals surface area (Å²) < 4.78 is 11.0. The number of rotatable bonds is 4. The van der Waals surface area contributed by atoms with Gasteiger partial charge in [-0.1, -0.05) is 17.7 Å². The lowest BCUT2D eigenvalue weighted by molar-refractivity contribution is -0.115. The number of benzene rings is 2. The number of aliphatic imine (C=N–C) groups is 1. The molecule has 2 aromatic carbocycles. The van der Waals surface area contributed by atoms with Crippen LogP contribution in [0.3, 0.4) is 0 Å². The first-order valence-electron chi connectivity index (χ1n) is 9.60. The van der Waals surface area contributed by atoms with Crippen molar-refractivity contribution in [2.45, 2.75) is 6.92 Å². The quantitative estimate of drug-likeness (QED) is 0.710. The molecule has 0 unspecified atom stereocenters. The summed E-state index contributed by atoms with van der Waals surface area (Å²) in [5.74, 6) is 0.536. The monoisotopic (exact) mass is 443 g/mol. The number of nitrogens with zero attached hydrogens (tertiary/aromatic N) is 2. The number of methoxy groups -OCH3 is 1. The van der Waals surface area contributed by atoms with Crippen LogP contribution in [0.15, 0.2) is 46.3 Å². The molecule has 0 radical (unpaired) electrons. The molecule has 2 aromatic rings. The summed E-state index contributed by atoms with van der Waals surface area (Å²) >= 11 is 7.47. The highest BCUT2D eigenvalue weighted by molar-refractivity contribution is 8.18. The van der Waals surface area contributed by atoms with E-state index < -0.39 is 0 Å². The lowest BCUT2D eigenvalue weighted by atomic mass is 10.1. The Labute approximate surface area is 184 Å². The number of halogens is 1. The summed E-state index contributed by atoms with van der Waals surface area (Å²) in [5, 5.41) is 3.99. The third kappa shape index (κ3) is 4.48. The number of hydrogen-bond donors (Lipinski definition) is 1. The highest BCUT2D eigenvalue weighted by Gasteiger charge is 2.25. The van der Waals surface area contributed by atoms with Crippen molar-refractivity contribution < 1.29 is 14.3 Å². The molecule has 0 aliphatic carbocycles. The number of amidine groups is 1. The van der Waals surface area contributed by atoms with Crippen molar-refractivity contribution in [2.75, 3.05) is 38.3 Å². The van der Waals surface area contributed by atoms with Gasteiger partial charge < -0.3 is 19.7 Å². The normalized spacial score (nSPS) is 19.4.